The molecule has 5 nitrogen and oxygen atoms in total. The Morgan fingerprint density at radius 1 is 0.914 bits per heavy atom. The number of rotatable bonds is 4. The minimum absolute atomic E-state index is 0.0379. The van der Waals surface area contributed by atoms with Crippen LogP contribution >= 0.6 is 11.3 Å². The second-order valence-corrected chi connectivity index (χ2v) is 12.4. The molecule has 35 heavy (non-hydrogen) atoms. The first-order chi connectivity index (χ1) is 16.9. The van der Waals surface area contributed by atoms with Gasteiger partial charge in [-0.2, -0.15) is 0 Å². The summed E-state index contributed by atoms with van der Waals surface area (Å²) >= 11 is 1.82. The van der Waals surface area contributed by atoms with Gasteiger partial charge in [0, 0.05) is 34.8 Å². The lowest BCUT2D eigenvalue weighted by Gasteiger charge is -2.43. The Morgan fingerprint density at radius 2 is 1.63 bits per heavy atom. The normalized spacial score (nSPS) is 24.4. The molecule has 6 rings (SSSR count). The van der Waals surface area contributed by atoms with Crippen LogP contribution in [0.3, 0.4) is 0 Å². The zero-order valence-corrected chi connectivity index (χ0v) is 22.5. The summed E-state index contributed by atoms with van der Waals surface area (Å²) in [5.41, 5.74) is 6.16. The number of aromatic nitrogens is 3. The third-order valence-electron chi connectivity index (χ3n) is 8.62. The first kappa shape index (κ1) is 23.0. The second kappa shape index (κ2) is 8.88. The highest BCUT2D eigenvalue weighted by atomic mass is 32.1. The fourth-order valence-electron chi connectivity index (χ4n) is 6.28. The van der Waals surface area contributed by atoms with Crippen molar-refractivity contribution in [2.45, 2.75) is 72.8 Å². The third-order valence-corrected chi connectivity index (χ3v) is 9.81. The van der Waals surface area contributed by atoms with Crippen molar-refractivity contribution in [1.82, 2.24) is 14.8 Å². The number of hydrogen-bond donors (Lipinski definition) is 0. The van der Waals surface area contributed by atoms with Crippen molar-refractivity contribution in [1.29, 1.82) is 0 Å². The number of anilines is 1. The maximum absolute atomic E-state index is 5.19. The number of nitrogens with zero attached hydrogens (tertiary/aromatic N) is 5. The molecule has 3 aromatic rings. The summed E-state index contributed by atoms with van der Waals surface area (Å²) in [6.45, 7) is 13.4. The van der Waals surface area contributed by atoms with E-state index in [1.807, 2.05) is 18.3 Å². The number of aliphatic imine (C=N–C) groups is 1. The summed E-state index contributed by atoms with van der Waals surface area (Å²) in [5, 5.41) is 10.0. The molecule has 1 saturated heterocycles. The molecule has 0 bridgehead atoms. The molecule has 1 saturated carbocycles. The largest absolute Gasteiger partial charge is 0.371 e. The van der Waals surface area contributed by atoms with Gasteiger partial charge >= 0.3 is 0 Å². The molecule has 3 aliphatic rings. The first-order valence-electron chi connectivity index (χ1n) is 13.3. The van der Waals surface area contributed by atoms with E-state index in [1.165, 1.54) is 77.4 Å². The number of aryl methyl sites for hydroxylation is 2. The predicted molar refractivity (Wildman–Crippen MR) is 145 cm³/mol. The summed E-state index contributed by atoms with van der Waals surface area (Å²) in [4.78, 5) is 9.07. The quantitative estimate of drug-likeness (QED) is 0.406. The standard InChI is InChI=1S/C29H37N5S/c1-17-6-8-22(9-7-17)14-23-15-33(16-23)25-12-10-24(11-13-25)27-26-18(2)20(4)35-29(26)34-21(5)31-32-28(34)19(3)30-27/h10-13,17,19,22-23H,6-9,14-16H2,1-5H3/t17?,19-,22?/m0/s1. The summed E-state index contributed by atoms with van der Waals surface area (Å²) in [5.74, 6) is 4.64. The van der Waals surface area contributed by atoms with E-state index in [2.05, 4.69) is 71.6 Å². The van der Waals surface area contributed by atoms with Crippen LogP contribution in [0.2, 0.25) is 0 Å². The smallest absolute Gasteiger partial charge is 0.162 e. The van der Waals surface area contributed by atoms with Gasteiger partial charge in [0.15, 0.2) is 5.82 Å². The van der Waals surface area contributed by atoms with Gasteiger partial charge in [0.25, 0.3) is 0 Å². The van der Waals surface area contributed by atoms with Crippen molar-refractivity contribution in [2.24, 2.45) is 22.7 Å². The van der Waals surface area contributed by atoms with Gasteiger partial charge < -0.3 is 4.90 Å². The lowest BCUT2D eigenvalue weighted by Crippen LogP contribution is -2.47. The van der Waals surface area contributed by atoms with E-state index < -0.39 is 0 Å². The van der Waals surface area contributed by atoms with Crippen LogP contribution in [0, 0.1) is 38.5 Å². The number of hydrogen-bond acceptors (Lipinski definition) is 5. The maximum atomic E-state index is 5.19. The van der Waals surface area contributed by atoms with E-state index in [1.54, 1.807) is 0 Å². The minimum Gasteiger partial charge on any atom is -0.371 e. The average molecular weight is 488 g/mol. The zero-order chi connectivity index (χ0) is 24.3. The second-order valence-electron chi connectivity index (χ2n) is 11.2. The van der Waals surface area contributed by atoms with Crippen LogP contribution in [0.4, 0.5) is 5.69 Å². The van der Waals surface area contributed by atoms with E-state index in [-0.39, 0.29) is 6.04 Å². The summed E-state index contributed by atoms with van der Waals surface area (Å²) in [6.07, 6.45) is 7.20. The van der Waals surface area contributed by atoms with Crippen LogP contribution in [0.15, 0.2) is 29.3 Å². The molecule has 0 N–H and O–H groups in total. The maximum Gasteiger partial charge on any atom is 0.162 e. The lowest BCUT2D eigenvalue weighted by molar-refractivity contribution is 0.227. The molecule has 0 radical (unpaired) electrons. The predicted octanol–water partition coefficient (Wildman–Crippen LogP) is 6.82. The van der Waals surface area contributed by atoms with Crippen LogP contribution in [0.1, 0.15) is 85.2 Å². The Balaban J connectivity index is 1.21. The molecule has 0 unspecified atom stereocenters. The number of thiophene rings is 1. The van der Waals surface area contributed by atoms with Crippen LogP contribution in [0.25, 0.3) is 5.00 Å². The van der Waals surface area contributed by atoms with Crippen molar-refractivity contribution in [2.75, 3.05) is 18.0 Å². The molecule has 1 aliphatic carbocycles. The van der Waals surface area contributed by atoms with Gasteiger partial charge in [-0.15, -0.1) is 21.5 Å². The molecule has 184 valence electrons. The van der Waals surface area contributed by atoms with Crippen molar-refractivity contribution >= 4 is 22.7 Å². The molecule has 0 spiro atoms. The monoisotopic (exact) mass is 487 g/mol. The molecule has 4 heterocycles. The summed E-state index contributed by atoms with van der Waals surface area (Å²) in [7, 11) is 0. The summed E-state index contributed by atoms with van der Waals surface area (Å²) in [6, 6.07) is 9.10. The highest BCUT2D eigenvalue weighted by molar-refractivity contribution is 7.15. The van der Waals surface area contributed by atoms with Gasteiger partial charge in [0.1, 0.15) is 16.9 Å². The molecular weight excluding hydrogens is 450 g/mol. The highest BCUT2D eigenvalue weighted by Gasteiger charge is 2.32. The number of benzene rings is 1. The Bertz CT molecular complexity index is 1250. The first-order valence-corrected chi connectivity index (χ1v) is 14.2. The average Bonchev–Trinajstić information content (AvgIpc) is 3.31. The Labute approximate surface area is 213 Å². The van der Waals surface area contributed by atoms with Gasteiger partial charge in [0.2, 0.25) is 0 Å². The fourth-order valence-corrected chi connectivity index (χ4v) is 7.49. The van der Waals surface area contributed by atoms with E-state index in [0.29, 0.717) is 0 Å². The van der Waals surface area contributed by atoms with Gasteiger partial charge in [-0.1, -0.05) is 44.7 Å². The van der Waals surface area contributed by atoms with Crippen molar-refractivity contribution in [3.8, 4) is 5.00 Å². The van der Waals surface area contributed by atoms with E-state index in [9.17, 15) is 0 Å². The minimum atomic E-state index is -0.0379. The molecule has 1 atom stereocenters. The molecule has 2 fully saturated rings. The van der Waals surface area contributed by atoms with Crippen LogP contribution in [0.5, 0.6) is 0 Å². The third kappa shape index (κ3) is 4.04. The summed E-state index contributed by atoms with van der Waals surface area (Å²) < 4.78 is 2.21. The van der Waals surface area contributed by atoms with Crippen LogP contribution in [-0.4, -0.2) is 33.6 Å². The molecular formula is C29H37N5S. The number of fused-ring (bicyclic) bond motifs is 3. The topological polar surface area (TPSA) is 46.3 Å². The Hall–Kier alpha value is -2.47. The molecule has 2 aliphatic heterocycles. The van der Waals surface area contributed by atoms with Gasteiger partial charge in [0.05, 0.1) is 5.71 Å². The Morgan fingerprint density at radius 3 is 2.34 bits per heavy atom. The van der Waals surface area contributed by atoms with Crippen LogP contribution < -0.4 is 4.90 Å². The molecule has 6 heteroatoms. The van der Waals surface area contributed by atoms with E-state index in [0.717, 1.165) is 35.1 Å². The molecule has 2 aromatic heterocycles. The van der Waals surface area contributed by atoms with Gasteiger partial charge in [-0.05, 0) is 69.6 Å². The zero-order valence-electron chi connectivity index (χ0n) is 21.7. The SMILES string of the molecule is Cc1sc2c(c1C)C(c1ccc(N3CC(CC4CCC(C)CC4)C3)cc1)=N[C@@H](C)c1nnc(C)n1-2. The molecule has 1 aromatic carbocycles. The van der Waals surface area contributed by atoms with Crippen LogP contribution in [-0.2, 0) is 0 Å². The van der Waals surface area contributed by atoms with E-state index in [4.69, 9.17) is 4.99 Å². The molecule has 0 amide bonds. The van der Waals surface area contributed by atoms with Gasteiger partial charge in [-0.3, -0.25) is 9.56 Å². The van der Waals surface area contributed by atoms with Gasteiger partial charge in [-0.25, -0.2) is 0 Å². The fraction of sp³-hybridized carbons (Fsp3) is 0.552. The van der Waals surface area contributed by atoms with Crippen molar-refractivity contribution < 1.29 is 0 Å². The van der Waals surface area contributed by atoms with Crippen molar-refractivity contribution in [3.05, 3.63) is 57.5 Å². The lowest BCUT2D eigenvalue weighted by atomic mass is 9.77. The van der Waals surface area contributed by atoms with Crippen molar-refractivity contribution in [3.63, 3.8) is 0 Å². The van der Waals surface area contributed by atoms with E-state index >= 15 is 0 Å². The Kier molecular flexibility index (Phi) is 5.82. The highest BCUT2D eigenvalue weighted by Crippen LogP contribution is 2.39.